The fourth-order valence-corrected chi connectivity index (χ4v) is 2.09. The number of nitrogens with zero attached hydrogens (tertiary/aromatic N) is 2. The van der Waals surface area contributed by atoms with Gasteiger partial charge in [0.15, 0.2) is 0 Å². The van der Waals surface area contributed by atoms with Crippen molar-refractivity contribution in [2.75, 3.05) is 12.4 Å². The summed E-state index contributed by atoms with van der Waals surface area (Å²) < 4.78 is 0. The van der Waals surface area contributed by atoms with Crippen molar-refractivity contribution < 1.29 is 14.7 Å². The molecule has 1 heterocycles. The van der Waals surface area contributed by atoms with Crippen LogP contribution in [0.15, 0.2) is 18.3 Å². The van der Waals surface area contributed by atoms with Crippen LogP contribution in [0.25, 0.3) is 0 Å². The summed E-state index contributed by atoms with van der Waals surface area (Å²) in [6.07, 6.45) is 1.62. The molecule has 3 N–H and O–H groups in total. The highest BCUT2D eigenvalue weighted by atomic mass is 16.3. The van der Waals surface area contributed by atoms with Crippen LogP contribution in [0.1, 0.15) is 37.7 Å². The van der Waals surface area contributed by atoms with Crippen LogP contribution in [0.4, 0.5) is 5.82 Å². The Bertz CT molecular complexity index is 787. The van der Waals surface area contributed by atoms with Gasteiger partial charge in [0.1, 0.15) is 17.4 Å². The van der Waals surface area contributed by atoms with E-state index in [-0.39, 0.29) is 16.9 Å². The third-order valence-electron chi connectivity index (χ3n) is 3.38. The quantitative estimate of drug-likeness (QED) is 0.800. The van der Waals surface area contributed by atoms with Gasteiger partial charge in [-0.25, -0.2) is 9.97 Å². The van der Waals surface area contributed by atoms with Crippen molar-refractivity contribution in [3.63, 3.8) is 0 Å². The van der Waals surface area contributed by atoms with Crippen molar-refractivity contribution in [2.24, 2.45) is 0 Å². The number of phenolic OH excluding ortho intramolecular Hbond substituents is 1. The van der Waals surface area contributed by atoms with Gasteiger partial charge in [0.25, 0.3) is 11.8 Å². The van der Waals surface area contributed by atoms with E-state index in [0.29, 0.717) is 17.2 Å². The molecule has 0 atom stereocenters. The average molecular weight is 314 g/mol. The zero-order valence-electron chi connectivity index (χ0n) is 13.4. The summed E-state index contributed by atoms with van der Waals surface area (Å²) in [6.45, 7) is 5.19. The number of rotatable bonds is 3. The highest BCUT2D eigenvalue weighted by Gasteiger charge is 2.18. The minimum Gasteiger partial charge on any atom is -0.507 e. The van der Waals surface area contributed by atoms with Crippen molar-refractivity contribution >= 4 is 17.6 Å². The van der Waals surface area contributed by atoms with Crippen molar-refractivity contribution in [3.05, 3.63) is 46.4 Å². The highest BCUT2D eigenvalue weighted by molar-refractivity contribution is 6.07. The molecule has 2 amide bonds. The van der Waals surface area contributed by atoms with Crippen LogP contribution in [0.5, 0.6) is 5.75 Å². The van der Waals surface area contributed by atoms with Gasteiger partial charge in [0.2, 0.25) is 0 Å². The van der Waals surface area contributed by atoms with E-state index >= 15 is 0 Å². The predicted octanol–water partition coefficient (Wildman–Crippen LogP) is 1.72. The Morgan fingerprint density at radius 2 is 1.74 bits per heavy atom. The molecular formula is C16H18N4O3. The van der Waals surface area contributed by atoms with Crippen LogP contribution >= 0.6 is 0 Å². The standard InChI is InChI=1S/C16H18N4O3/c1-8-5-13(21)12(15(22)17-4)6-11(8)16(23)20-14-9(2)7-18-10(3)19-14/h5-7,21H,1-4H3,(H,17,22)(H,18,19,20,23). The minimum absolute atomic E-state index is 0.0406. The first-order valence-corrected chi connectivity index (χ1v) is 7.00. The third-order valence-corrected chi connectivity index (χ3v) is 3.38. The molecule has 0 aliphatic carbocycles. The SMILES string of the molecule is CNC(=O)c1cc(C(=O)Nc2nc(C)ncc2C)c(C)cc1O. The summed E-state index contributed by atoms with van der Waals surface area (Å²) in [5, 5.41) is 15.0. The molecule has 0 saturated carbocycles. The summed E-state index contributed by atoms with van der Waals surface area (Å²) >= 11 is 0. The van der Waals surface area contributed by atoms with Gasteiger partial charge in [-0.2, -0.15) is 0 Å². The van der Waals surface area contributed by atoms with Crippen molar-refractivity contribution in [1.29, 1.82) is 0 Å². The highest BCUT2D eigenvalue weighted by Crippen LogP contribution is 2.23. The number of aromatic hydroxyl groups is 1. The predicted molar refractivity (Wildman–Crippen MR) is 85.7 cm³/mol. The Labute approximate surface area is 133 Å². The van der Waals surface area contributed by atoms with Crippen LogP contribution in [0.2, 0.25) is 0 Å². The van der Waals surface area contributed by atoms with Crippen LogP contribution in [-0.4, -0.2) is 33.9 Å². The van der Waals surface area contributed by atoms with E-state index in [1.807, 2.05) is 0 Å². The zero-order chi connectivity index (χ0) is 17.1. The topological polar surface area (TPSA) is 104 Å². The molecule has 23 heavy (non-hydrogen) atoms. The average Bonchev–Trinajstić information content (AvgIpc) is 2.50. The molecular weight excluding hydrogens is 296 g/mol. The van der Waals surface area contributed by atoms with Gasteiger partial charge in [-0.1, -0.05) is 0 Å². The maximum absolute atomic E-state index is 12.5. The summed E-state index contributed by atoms with van der Waals surface area (Å²) in [6, 6.07) is 2.75. The fraction of sp³-hybridized carbons (Fsp3) is 0.250. The Balaban J connectivity index is 2.39. The van der Waals surface area contributed by atoms with Gasteiger partial charge in [-0.05, 0) is 38.5 Å². The van der Waals surface area contributed by atoms with Crippen LogP contribution in [0.3, 0.4) is 0 Å². The molecule has 2 rings (SSSR count). The van der Waals surface area contributed by atoms with E-state index in [9.17, 15) is 14.7 Å². The zero-order valence-corrected chi connectivity index (χ0v) is 13.4. The van der Waals surface area contributed by atoms with E-state index < -0.39 is 11.8 Å². The second kappa shape index (κ2) is 6.43. The summed E-state index contributed by atoms with van der Waals surface area (Å²) in [5.41, 5.74) is 1.61. The molecule has 7 nitrogen and oxygen atoms in total. The number of amides is 2. The van der Waals surface area contributed by atoms with Gasteiger partial charge in [-0.15, -0.1) is 0 Å². The first-order chi connectivity index (χ1) is 10.8. The van der Waals surface area contributed by atoms with Crippen molar-refractivity contribution in [3.8, 4) is 5.75 Å². The van der Waals surface area contributed by atoms with Gasteiger partial charge in [0, 0.05) is 24.4 Å². The third kappa shape index (κ3) is 3.45. The summed E-state index contributed by atoms with van der Waals surface area (Å²) in [5.74, 6) is -0.0947. The Kier molecular flexibility index (Phi) is 4.59. The molecule has 0 aliphatic rings. The van der Waals surface area contributed by atoms with Gasteiger partial charge >= 0.3 is 0 Å². The lowest BCUT2D eigenvalue weighted by Gasteiger charge is -2.12. The number of aromatic nitrogens is 2. The maximum Gasteiger partial charge on any atom is 0.257 e. The summed E-state index contributed by atoms with van der Waals surface area (Å²) in [4.78, 5) is 32.5. The Morgan fingerprint density at radius 1 is 1.04 bits per heavy atom. The van der Waals surface area contributed by atoms with Crippen LogP contribution in [0, 0.1) is 20.8 Å². The molecule has 0 unspecified atom stereocenters. The smallest absolute Gasteiger partial charge is 0.257 e. The Morgan fingerprint density at radius 3 is 2.39 bits per heavy atom. The molecule has 0 bridgehead atoms. The molecule has 7 heteroatoms. The normalized spacial score (nSPS) is 10.3. The molecule has 0 saturated heterocycles. The second-order valence-corrected chi connectivity index (χ2v) is 5.17. The second-order valence-electron chi connectivity index (χ2n) is 5.17. The number of aryl methyl sites for hydroxylation is 3. The number of benzene rings is 1. The first kappa shape index (κ1) is 16.4. The lowest BCUT2D eigenvalue weighted by molar-refractivity contribution is 0.0960. The Hall–Kier alpha value is -2.96. The minimum atomic E-state index is -0.467. The van der Waals surface area contributed by atoms with E-state index in [1.54, 1.807) is 27.0 Å². The van der Waals surface area contributed by atoms with Gasteiger partial charge < -0.3 is 15.7 Å². The molecule has 1 aromatic carbocycles. The number of carbonyl (C=O) groups is 2. The molecule has 0 radical (unpaired) electrons. The van der Waals surface area contributed by atoms with Crippen LogP contribution < -0.4 is 10.6 Å². The van der Waals surface area contributed by atoms with Crippen molar-refractivity contribution in [2.45, 2.75) is 20.8 Å². The lowest BCUT2D eigenvalue weighted by Crippen LogP contribution is -2.20. The number of hydrogen-bond donors (Lipinski definition) is 3. The number of phenols is 1. The number of hydrogen-bond acceptors (Lipinski definition) is 5. The monoisotopic (exact) mass is 314 g/mol. The fourth-order valence-electron chi connectivity index (χ4n) is 2.09. The lowest BCUT2D eigenvalue weighted by atomic mass is 10.0. The van der Waals surface area contributed by atoms with E-state index in [2.05, 4.69) is 20.6 Å². The van der Waals surface area contributed by atoms with Gasteiger partial charge in [0.05, 0.1) is 5.56 Å². The summed E-state index contributed by atoms with van der Waals surface area (Å²) in [7, 11) is 1.45. The first-order valence-electron chi connectivity index (χ1n) is 7.00. The molecule has 120 valence electrons. The molecule has 0 aliphatic heterocycles. The molecule has 1 aromatic heterocycles. The van der Waals surface area contributed by atoms with E-state index in [4.69, 9.17) is 0 Å². The van der Waals surface area contributed by atoms with E-state index in [1.165, 1.54) is 19.2 Å². The number of carbonyl (C=O) groups excluding carboxylic acids is 2. The van der Waals surface area contributed by atoms with Crippen molar-refractivity contribution in [1.82, 2.24) is 15.3 Å². The maximum atomic E-state index is 12.5. The largest absolute Gasteiger partial charge is 0.507 e. The number of nitrogens with one attached hydrogen (secondary N) is 2. The van der Waals surface area contributed by atoms with E-state index in [0.717, 1.165) is 5.56 Å². The molecule has 2 aromatic rings. The molecule has 0 spiro atoms. The number of anilines is 1. The molecule has 0 fully saturated rings. The van der Waals surface area contributed by atoms with Crippen LogP contribution in [-0.2, 0) is 0 Å². The van der Waals surface area contributed by atoms with Gasteiger partial charge in [-0.3, -0.25) is 9.59 Å².